The number of aryl methyl sites for hydroxylation is 1. The van der Waals surface area contributed by atoms with Gasteiger partial charge in [-0.05, 0) is 94.2 Å². The molecule has 0 aliphatic rings. The second-order valence-electron chi connectivity index (χ2n) is 7.78. The lowest BCUT2D eigenvalue weighted by Gasteiger charge is -2.04. The van der Waals surface area contributed by atoms with Gasteiger partial charge in [0.2, 0.25) is 0 Å². The molecule has 2 heterocycles. The summed E-state index contributed by atoms with van der Waals surface area (Å²) in [5, 5.41) is 13.0. The monoisotopic (exact) mass is 403 g/mol. The maximum atomic E-state index is 3.62. The molecule has 0 bridgehead atoms. The maximum Gasteiger partial charge on any atom is 0.0894 e. The van der Waals surface area contributed by atoms with E-state index in [1.807, 2.05) is 22.7 Å². The van der Waals surface area contributed by atoms with Gasteiger partial charge in [-0.2, -0.15) is 0 Å². The third-order valence-corrected chi connectivity index (χ3v) is 7.59. The molecule has 28 heavy (non-hydrogen) atoms. The summed E-state index contributed by atoms with van der Waals surface area (Å²) in [5.41, 5.74) is 0. The molecule has 3 heteroatoms. The molecule has 3 aromatic carbocycles. The van der Waals surface area contributed by atoms with Crippen LogP contribution in [0.1, 0.15) is 37.5 Å². The summed E-state index contributed by atoms with van der Waals surface area (Å²) >= 11 is 3.76. The van der Waals surface area contributed by atoms with Crippen LogP contribution in [-0.4, -0.2) is 6.54 Å². The molecule has 1 nitrogen and oxygen atoms in total. The number of anilines is 1. The number of hydrogen-bond donors (Lipinski definition) is 1. The van der Waals surface area contributed by atoms with E-state index < -0.39 is 0 Å². The summed E-state index contributed by atoms with van der Waals surface area (Å²) in [4.78, 5) is 1.38. The summed E-state index contributed by atoms with van der Waals surface area (Å²) in [6.45, 7) is 5.53. The van der Waals surface area contributed by atoms with Gasteiger partial charge in [0.05, 0.1) is 5.00 Å². The first-order valence-electron chi connectivity index (χ1n) is 10.2. The first-order valence-corrected chi connectivity index (χ1v) is 11.9. The standard InChI is InChI=1S/C25H25NS2/c1-3-4-5-6-7-26-25-15-22-12-18-10-19-13-23-21(8-16(2)27-23)11-17(19)9-20(18)14-24(22)28-25/h8-15,26H,3-7H2,1-2H3. The zero-order valence-electron chi connectivity index (χ0n) is 16.5. The minimum absolute atomic E-state index is 1.08. The van der Waals surface area contributed by atoms with Gasteiger partial charge in [-0.3, -0.25) is 0 Å². The fraction of sp³-hybridized carbons (Fsp3) is 0.280. The van der Waals surface area contributed by atoms with Crippen molar-refractivity contribution in [2.45, 2.75) is 39.5 Å². The van der Waals surface area contributed by atoms with Crippen LogP contribution in [-0.2, 0) is 0 Å². The Kier molecular flexibility index (Phi) is 4.73. The highest BCUT2D eigenvalue weighted by Gasteiger charge is 2.07. The maximum absolute atomic E-state index is 3.62. The van der Waals surface area contributed by atoms with Crippen LogP contribution in [0.5, 0.6) is 0 Å². The number of rotatable bonds is 6. The average molecular weight is 404 g/mol. The fourth-order valence-electron chi connectivity index (χ4n) is 4.06. The van der Waals surface area contributed by atoms with Crippen LogP contribution in [0.25, 0.3) is 41.7 Å². The van der Waals surface area contributed by atoms with Crippen LogP contribution >= 0.6 is 22.7 Å². The summed E-state index contributed by atoms with van der Waals surface area (Å²) < 4.78 is 2.76. The van der Waals surface area contributed by atoms with Crippen molar-refractivity contribution in [1.29, 1.82) is 0 Å². The highest BCUT2D eigenvalue weighted by molar-refractivity contribution is 7.22. The van der Waals surface area contributed by atoms with E-state index >= 15 is 0 Å². The first kappa shape index (κ1) is 18.0. The molecule has 0 radical (unpaired) electrons. The first-order chi connectivity index (χ1) is 13.7. The molecule has 0 fully saturated rings. The number of nitrogens with one attached hydrogen (secondary N) is 1. The molecule has 0 saturated carbocycles. The minimum Gasteiger partial charge on any atom is -0.377 e. The molecule has 142 valence electrons. The molecule has 0 aliphatic heterocycles. The lowest BCUT2D eigenvalue weighted by Crippen LogP contribution is -1.98. The predicted octanol–water partition coefficient (Wildman–Crippen LogP) is 8.72. The minimum atomic E-state index is 1.08. The van der Waals surface area contributed by atoms with Gasteiger partial charge >= 0.3 is 0 Å². The molecule has 2 aromatic heterocycles. The molecule has 5 rings (SSSR count). The normalized spacial score (nSPS) is 11.9. The van der Waals surface area contributed by atoms with E-state index in [-0.39, 0.29) is 0 Å². The molecule has 0 aliphatic carbocycles. The Hall–Kier alpha value is -2.10. The van der Waals surface area contributed by atoms with Crippen LogP contribution in [0.3, 0.4) is 0 Å². The van der Waals surface area contributed by atoms with E-state index in [1.54, 1.807) is 0 Å². The van der Waals surface area contributed by atoms with Crippen LogP contribution in [0, 0.1) is 6.92 Å². The van der Waals surface area contributed by atoms with Gasteiger partial charge in [-0.1, -0.05) is 26.2 Å². The Balaban J connectivity index is 1.51. The van der Waals surface area contributed by atoms with E-state index in [2.05, 4.69) is 67.7 Å². The largest absolute Gasteiger partial charge is 0.377 e. The van der Waals surface area contributed by atoms with Crippen LogP contribution in [0.2, 0.25) is 0 Å². The van der Waals surface area contributed by atoms with Gasteiger partial charge in [0.1, 0.15) is 0 Å². The highest BCUT2D eigenvalue weighted by Crippen LogP contribution is 2.36. The molecule has 0 saturated heterocycles. The van der Waals surface area contributed by atoms with Crippen molar-refractivity contribution in [1.82, 2.24) is 0 Å². The van der Waals surface area contributed by atoms with Crippen molar-refractivity contribution in [3.63, 3.8) is 0 Å². The van der Waals surface area contributed by atoms with Gasteiger partial charge in [-0.15, -0.1) is 22.7 Å². The number of hydrogen-bond acceptors (Lipinski definition) is 3. The molecule has 0 atom stereocenters. The Morgan fingerprint density at radius 2 is 1.25 bits per heavy atom. The molecule has 5 aromatic rings. The van der Waals surface area contributed by atoms with Crippen molar-refractivity contribution >= 4 is 69.4 Å². The lowest BCUT2D eigenvalue weighted by molar-refractivity contribution is 0.685. The summed E-state index contributed by atoms with van der Waals surface area (Å²) in [7, 11) is 0. The van der Waals surface area contributed by atoms with E-state index in [0.29, 0.717) is 0 Å². The number of thiophene rings is 2. The lowest BCUT2D eigenvalue weighted by atomic mass is 10.0. The van der Waals surface area contributed by atoms with Crippen molar-refractivity contribution < 1.29 is 0 Å². The molecular formula is C25H25NS2. The van der Waals surface area contributed by atoms with Crippen molar-refractivity contribution in [2.75, 3.05) is 11.9 Å². The molecule has 0 unspecified atom stereocenters. The zero-order valence-corrected chi connectivity index (χ0v) is 18.1. The second-order valence-corrected chi connectivity index (χ2v) is 10.2. The predicted molar refractivity (Wildman–Crippen MR) is 130 cm³/mol. The van der Waals surface area contributed by atoms with Crippen LogP contribution in [0.15, 0.2) is 48.5 Å². The van der Waals surface area contributed by atoms with Crippen molar-refractivity contribution in [2.24, 2.45) is 0 Å². The van der Waals surface area contributed by atoms with Gasteiger partial charge in [0, 0.05) is 20.8 Å². The summed E-state index contributed by atoms with van der Waals surface area (Å²) in [6, 6.07) is 18.7. The Morgan fingerprint density at radius 3 is 1.96 bits per heavy atom. The highest BCUT2D eigenvalue weighted by atomic mass is 32.1. The molecule has 1 N–H and O–H groups in total. The van der Waals surface area contributed by atoms with Gasteiger partial charge in [-0.25, -0.2) is 0 Å². The Labute approximate surface area is 174 Å². The Morgan fingerprint density at radius 1 is 0.643 bits per heavy atom. The smallest absolute Gasteiger partial charge is 0.0894 e. The van der Waals surface area contributed by atoms with E-state index in [9.17, 15) is 0 Å². The van der Waals surface area contributed by atoms with Gasteiger partial charge < -0.3 is 5.32 Å². The van der Waals surface area contributed by atoms with E-state index in [4.69, 9.17) is 0 Å². The molecular weight excluding hydrogens is 378 g/mol. The second kappa shape index (κ2) is 7.38. The van der Waals surface area contributed by atoms with E-state index in [0.717, 1.165) is 6.54 Å². The topological polar surface area (TPSA) is 12.0 Å². The van der Waals surface area contributed by atoms with Crippen LogP contribution < -0.4 is 5.32 Å². The molecule has 0 spiro atoms. The summed E-state index contributed by atoms with van der Waals surface area (Å²) in [5.74, 6) is 0. The molecule has 0 amide bonds. The summed E-state index contributed by atoms with van der Waals surface area (Å²) in [6.07, 6.45) is 5.21. The van der Waals surface area contributed by atoms with Crippen molar-refractivity contribution in [3.05, 3.63) is 53.4 Å². The SMILES string of the molecule is CCCCCCNc1cc2cc3cc4cc5sc(C)cc5cc4cc3cc2s1. The average Bonchev–Trinajstić information content (AvgIpc) is 3.23. The van der Waals surface area contributed by atoms with Gasteiger partial charge in [0.15, 0.2) is 0 Å². The number of unbranched alkanes of at least 4 members (excludes halogenated alkanes) is 3. The Bertz CT molecular complexity index is 1200. The zero-order chi connectivity index (χ0) is 19.1. The number of benzene rings is 3. The third kappa shape index (κ3) is 3.38. The van der Waals surface area contributed by atoms with Crippen LogP contribution in [0.4, 0.5) is 5.00 Å². The third-order valence-electron chi connectivity index (χ3n) is 5.52. The number of fused-ring (bicyclic) bond motifs is 4. The van der Waals surface area contributed by atoms with Crippen molar-refractivity contribution in [3.8, 4) is 0 Å². The van der Waals surface area contributed by atoms with Gasteiger partial charge in [0.25, 0.3) is 0 Å². The fourth-order valence-corrected chi connectivity index (χ4v) is 6.03. The quantitative estimate of drug-likeness (QED) is 0.221. The van der Waals surface area contributed by atoms with E-state index in [1.165, 1.54) is 77.3 Å².